The summed E-state index contributed by atoms with van der Waals surface area (Å²) in [6.07, 6.45) is 0.807. The molecule has 0 radical (unpaired) electrons. The highest BCUT2D eigenvalue weighted by Gasteiger charge is 2.41. The lowest BCUT2D eigenvalue weighted by molar-refractivity contribution is -0.159. The number of amides is 5. The molecule has 2 fully saturated rings. The van der Waals surface area contributed by atoms with Crippen molar-refractivity contribution in [2.24, 2.45) is 11.8 Å². The third-order valence-electron chi connectivity index (χ3n) is 6.78. The van der Waals surface area contributed by atoms with Crippen LogP contribution < -0.4 is 10.6 Å². The third kappa shape index (κ3) is 7.76. The largest absolute Gasteiger partial charge is 0.480 e. The Hall–Kier alpha value is -4.04. The van der Waals surface area contributed by atoms with E-state index in [2.05, 4.69) is 15.4 Å². The van der Waals surface area contributed by atoms with Crippen molar-refractivity contribution in [2.45, 2.75) is 58.7 Å². The highest BCUT2D eigenvalue weighted by molar-refractivity contribution is 6.36. The standard InChI is InChI=1S/C25H37N5O10/c1-13(2)18(20(34)25(39)40-5)27-21(35)15-7-6-8-30(15)22(36)19(14(3)4)26-16(31)11-28-9-10-29(12-17(32)33)24(38)23(28)37/h13-15,18-19H,6-12H2,1-5H3,(H,26,31)(H,27,35)(H,32,33)/t15-,18-,19-/m0/s1. The quantitative estimate of drug-likeness (QED) is 0.171. The molecule has 3 atom stereocenters. The zero-order valence-corrected chi connectivity index (χ0v) is 23.3. The second-order valence-corrected chi connectivity index (χ2v) is 10.4. The van der Waals surface area contributed by atoms with Crippen molar-refractivity contribution in [3.8, 4) is 0 Å². The van der Waals surface area contributed by atoms with Gasteiger partial charge in [0.2, 0.25) is 17.7 Å². The average Bonchev–Trinajstić information content (AvgIpc) is 3.38. The number of Topliss-reactive ketones (excluding diaryl/α,β-unsaturated/α-hetero) is 1. The fraction of sp³-hybridized carbons (Fsp3) is 0.680. The van der Waals surface area contributed by atoms with Gasteiger partial charge in [-0.3, -0.25) is 33.6 Å². The van der Waals surface area contributed by atoms with E-state index >= 15 is 0 Å². The van der Waals surface area contributed by atoms with Crippen LogP contribution >= 0.6 is 0 Å². The Kier molecular flexibility index (Phi) is 11.1. The zero-order chi connectivity index (χ0) is 30.3. The summed E-state index contributed by atoms with van der Waals surface area (Å²) in [6, 6.07) is -3.13. The van der Waals surface area contributed by atoms with Gasteiger partial charge in [0.1, 0.15) is 31.2 Å². The van der Waals surface area contributed by atoms with Gasteiger partial charge in [-0.05, 0) is 24.7 Å². The van der Waals surface area contributed by atoms with Gasteiger partial charge in [-0.15, -0.1) is 0 Å². The fourth-order valence-corrected chi connectivity index (χ4v) is 4.58. The van der Waals surface area contributed by atoms with Crippen LogP contribution in [0.5, 0.6) is 0 Å². The number of likely N-dealkylation sites (tertiary alicyclic amines) is 1. The lowest BCUT2D eigenvalue weighted by atomic mass is 9.98. The number of ketones is 1. The van der Waals surface area contributed by atoms with Crippen LogP contribution in [0.15, 0.2) is 0 Å². The molecule has 2 rings (SSSR count). The molecule has 2 aliphatic heterocycles. The molecule has 2 heterocycles. The van der Waals surface area contributed by atoms with Gasteiger partial charge in [0.05, 0.1) is 7.11 Å². The summed E-state index contributed by atoms with van der Waals surface area (Å²) in [5.41, 5.74) is 0. The van der Waals surface area contributed by atoms with Gasteiger partial charge in [0, 0.05) is 19.6 Å². The number of nitrogens with zero attached hydrogens (tertiary/aromatic N) is 3. The number of aliphatic carboxylic acids is 1. The van der Waals surface area contributed by atoms with E-state index in [4.69, 9.17) is 5.11 Å². The maximum atomic E-state index is 13.5. The number of hydrogen-bond acceptors (Lipinski definition) is 9. The van der Waals surface area contributed by atoms with E-state index in [1.165, 1.54) is 4.90 Å². The summed E-state index contributed by atoms with van der Waals surface area (Å²) < 4.78 is 4.48. The van der Waals surface area contributed by atoms with Crippen LogP contribution in [0, 0.1) is 11.8 Å². The number of rotatable bonds is 12. The van der Waals surface area contributed by atoms with E-state index in [-0.39, 0.29) is 19.6 Å². The van der Waals surface area contributed by atoms with Gasteiger partial charge in [-0.25, -0.2) is 4.79 Å². The first-order valence-electron chi connectivity index (χ1n) is 13.0. The monoisotopic (exact) mass is 567 g/mol. The summed E-state index contributed by atoms with van der Waals surface area (Å²) >= 11 is 0. The number of hydrogen-bond donors (Lipinski definition) is 3. The Morgan fingerprint density at radius 2 is 1.43 bits per heavy atom. The van der Waals surface area contributed by atoms with Crippen LogP contribution in [0.2, 0.25) is 0 Å². The van der Waals surface area contributed by atoms with Crippen molar-refractivity contribution in [3.63, 3.8) is 0 Å². The second-order valence-electron chi connectivity index (χ2n) is 10.4. The summed E-state index contributed by atoms with van der Waals surface area (Å²) in [4.78, 5) is 102. The van der Waals surface area contributed by atoms with Crippen LogP contribution in [0.3, 0.4) is 0 Å². The van der Waals surface area contributed by atoms with E-state index in [1.807, 2.05) is 0 Å². The summed E-state index contributed by atoms with van der Waals surface area (Å²) in [7, 11) is 1.06. The van der Waals surface area contributed by atoms with Gasteiger partial charge >= 0.3 is 23.8 Å². The lowest BCUT2D eigenvalue weighted by Gasteiger charge is -2.34. The van der Waals surface area contributed by atoms with Gasteiger partial charge in [0.25, 0.3) is 5.78 Å². The number of ether oxygens (including phenoxy) is 1. The minimum absolute atomic E-state index is 0.0543. The molecular formula is C25H37N5O10. The molecular weight excluding hydrogens is 530 g/mol. The molecule has 0 aromatic rings. The van der Waals surface area contributed by atoms with E-state index in [0.29, 0.717) is 12.8 Å². The zero-order valence-electron chi connectivity index (χ0n) is 23.3. The van der Waals surface area contributed by atoms with Crippen molar-refractivity contribution < 1.29 is 48.2 Å². The maximum absolute atomic E-state index is 13.5. The molecule has 40 heavy (non-hydrogen) atoms. The molecule has 0 saturated carbocycles. The third-order valence-corrected chi connectivity index (χ3v) is 6.78. The van der Waals surface area contributed by atoms with Gasteiger partial charge in [0.15, 0.2) is 0 Å². The SMILES string of the molecule is COC(=O)C(=O)[C@@H](NC(=O)[C@@H]1CCCN1C(=O)[C@@H](NC(=O)CN1CCN(CC(=O)O)C(=O)C1=O)C(C)C)C(C)C. The second kappa shape index (κ2) is 13.8. The molecule has 0 bridgehead atoms. The Morgan fingerprint density at radius 1 is 0.875 bits per heavy atom. The van der Waals surface area contributed by atoms with Crippen molar-refractivity contribution >= 4 is 47.3 Å². The normalized spacial score (nSPS) is 19.0. The number of piperazine rings is 1. The highest BCUT2D eigenvalue weighted by atomic mass is 16.5. The smallest absolute Gasteiger partial charge is 0.376 e. The predicted molar refractivity (Wildman–Crippen MR) is 136 cm³/mol. The topological polar surface area (TPSA) is 200 Å². The van der Waals surface area contributed by atoms with Crippen LogP contribution in [0.1, 0.15) is 40.5 Å². The molecule has 0 aromatic heterocycles. The van der Waals surface area contributed by atoms with Gasteiger partial charge in [-0.2, -0.15) is 0 Å². The molecule has 0 aromatic carbocycles. The fourth-order valence-electron chi connectivity index (χ4n) is 4.58. The number of esters is 1. The highest BCUT2D eigenvalue weighted by Crippen LogP contribution is 2.21. The first-order chi connectivity index (χ1) is 18.7. The van der Waals surface area contributed by atoms with Crippen LogP contribution in [-0.4, -0.2) is 125 Å². The Morgan fingerprint density at radius 3 is 1.93 bits per heavy atom. The van der Waals surface area contributed by atoms with E-state index < -0.39 is 90.3 Å². The van der Waals surface area contributed by atoms with Gasteiger partial charge < -0.3 is 35.2 Å². The molecule has 0 spiro atoms. The first kappa shape index (κ1) is 32.2. The van der Waals surface area contributed by atoms with Crippen LogP contribution in [0.4, 0.5) is 0 Å². The number of carboxylic acid groups (broad SMARTS) is 1. The number of nitrogens with one attached hydrogen (secondary N) is 2. The summed E-state index contributed by atoms with van der Waals surface area (Å²) in [5.74, 6) is -8.01. The number of methoxy groups -OCH3 is 1. The van der Waals surface area contributed by atoms with Crippen molar-refractivity contribution in [1.29, 1.82) is 0 Å². The number of carbonyl (C=O) groups excluding carboxylic acids is 7. The molecule has 5 amide bonds. The Balaban J connectivity index is 2.08. The molecule has 2 saturated heterocycles. The number of carbonyl (C=O) groups is 8. The minimum atomic E-state index is -1.27. The van der Waals surface area contributed by atoms with E-state index in [9.17, 15) is 38.4 Å². The predicted octanol–water partition coefficient (Wildman–Crippen LogP) is -2.24. The average molecular weight is 568 g/mol. The Labute approximate surface area is 231 Å². The summed E-state index contributed by atoms with van der Waals surface area (Å²) in [5, 5.41) is 14.0. The lowest BCUT2D eigenvalue weighted by Crippen LogP contribution is -2.60. The van der Waals surface area contributed by atoms with Crippen molar-refractivity contribution in [1.82, 2.24) is 25.3 Å². The summed E-state index contributed by atoms with van der Waals surface area (Å²) in [6.45, 7) is 5.65. The molecule has 15 heteroatoms. The maximum Gasteiger partial charge on any atom is 0.376 e. The molecule has 3 N–H and O–H groups in total. The molecule has 0 unspecified atom stereocenters. The minimum Gasteiger partial charge on any atom is -0.480 e. The molecule has 222 valence electrons. The first-order valence-corrected chi connectivity index (χ1v) is 13.0. The Bertz CT molecular complexity index is 1060. The number of carboxylic acids is 1. The molecule has 0 aliphatic carbocycles. The van der Waals surface area contributed by atoms with Crippen LogP contribution in [0.25, 0.3) is 0 Å². The molecule has 15 nitrogen and oxygen atoms in total. The van der Waals surface area contributed by atoms with Crippen molar-refractivity contribution in [3.05, 3.63) is 0 Å². The van der Waals surface area contributed by atoms with Crippen LogP contribution in [-0.2, 0) is 43.1 Å². The van der Waals surface area contributed by atoms with Crippen molar-refractivity contribution in [2.75, 3.05) is 39.8 Å². The van der Waals surface area contributed by atoms with E-state index in [0.717, 1.165) is 16.9 Å². The van der Waals surface area contributed by atoms with E-state index in [1.54, 1.807) is 27.7 Å². The molecule has 2 aliphatic rings. The van der Waals surface area contributed by atoms with Gasteiger partial charge in [-0.1, -0.05) is 27.7 Å².